The summed E-state index contributed by atoms with van der Waals surface area (Å²) in [6, 6.07) is 4.10. The van der Waals surface area contributed by atoms with Gasteiger partial charge in [-0.2, -0.15) is 0 Å². The number of anilines is 1. The third kappa shape index (κ3) is 1.51. The topological polar surface area (TPSA) is 92.1 Å². The van der Waals surface area contributed by atoms with Crippen molar-refractivity contribution < 1.29 is 10.0 Å². The molecule has 0 bridgehead atoms. The molecule has 5 nitrogen and oxygen atoms in total. The number of benzene rings is 1. The molecule has 0 unspecified atom stereocenters. The van der Waals surface area contributed by atoms with E-state index in [9.17, 15) is 10.1 Å². The number of nitro benzene ring substituents is 1. The molecule has 0 atom stereocenters. The first kappa shape index (κ1) is 8.48. The number of hydrogen-bond donors (Lipinski definition) is 1. The summed E-state index contributed by atoms with van der Waals surface area (Å²) in [6.07, 6.45) is 0. The fourth-order valence-electron chi connectivity index (χ4n) is 0.859. The number of nitrogens with zero attached hydrogens (tertiary/aromatic N) is 1. The Morgan fingerprint density at radius 2 is 2.25 bits per heavy atom. The second kappa shape index (κ2) is 3.19. The largest absolute Gasteiger partial charge is 0.442 e. The number of nitro groups is 1. The van der Waals surface area contributed by atoms with E-state index < -0.39 is 4.92 Å². The second-order valence-corrected chi connectivity index (χ2v) is 2.32. The fraction of sp³-hybridized carbons (Fsp3) is 0.143. The van der Waals surface area contributed by atoms with Gasteiger partial charge in [0.25, 0.3) is 5.69 Å². The van der Waals surface area contributed by atoms with Gasteiger partial charge in [-0.25, -0.2) is 0 Å². The van der Waals surface area contributed by atoms with Crippen LogP contribution in [0.3, 0.4) is 0 Å². The lowest BCUT2D eigenvalue weighted by Crippen LogP contribution is -1.96. The molecular weight excluding hydrogens is 160 g/mol. The third-order valence-corrected chi connectivity index (χ3v) is 1.53. The van der Waals surface area contributed by atoms with Crippen molar-refractivity contribution in [2.45, 2.75) is 6.61 Å². The quantitative estimate of drug-likeness (QED) is 0.300. The molecule has 0 aromatic heterocycles. The second-order valence-electron chi connectivity index (χ2n) is 2.32. The summed E-state index contributed by atoms with van der Waals surface area (Å²) in [5.41, 5.74) is 6.35. The third-order valence-electron chi connectivity index (χ3n) is 1.53. The summed E-state index contributed by atoms with van der Waals surface area (Å²) < 4.78 is 0. The van der Waals surface area contributed by atoms with E-state index in [1.165, 1.54) is 18.2 Å². The van der Waals surface area contributed by atoms with Crippen molar-refractivity contribution in [1.82, 2.24) is 0 Å². The van der Waals surface area contributed by atoms with E-state index in [-0.39, 0.29) is 12.3 Å². The van der Waals surface area contributed by atoms with Gasteiger partial charge >= 0.3 is 0 Å². The highest BCUT2D eigenvalue weighted by molar-refractivity contribution is 5.52. The Hall–Kier alpha value is -1.62. The molecule has 0 aliphatic rings. The highest BCUT2D eigenvalue weighted by Crippen LogP contribution is 2.18. The van der Waals surface area contributed by atoms with Crippen LogP contribution in [0.2, 0.25) is 0 Å². The minimum Gasteiger partial charge on any atom is -0.442 e. The number of rotatable bonds is 2. The average Bonchev–Trinajstić information content (AvgIpc) is 2.05. The van der Waals surface area contributed by atoms with Crippen LogP contribution in [0.1, 0.15) is 5.56 Å². The first-order valence-corrected chi connectivity index (χ1v) is 3.32. The van der Waals surface area contributed by atoms with Crippen LogP contribution < -0.4 is 5.73 Å². The van der Waals surface area contributed by atoms with Crippen molar-refractivity contribution in [2.24, 2.45) is 0 Å². The molecule has 1 aromatic rings. The van der Waals surface area contributed by atoms with Gasteiger partial charge in [-0.15, -0.1) is 0 Å². The van der Waals surface area contributed by atoms with E-state index in [0.717, 1.165) is 0 Å². The van der Waals surface area contributed by atoms with Gasteiger partial charge in [-0.05, 0) is 6.07 Å². The molecule has 0 amide bonds. The molecule has 0 spiro atoms. The van der Waals surface area contributed by atoms with Crippen molar-refractivity contribution in [3.8, 4) is 0 Å². The van der Waals surface area contributed by atoms with E-state index in [0.29, 0.717) is 11.3 Å². The lowest BCUT2D eigenvalue weighted by Gasteiger charge is -1.98. The van der Waals surface area contributed by atoms with Gasteiger partial charge in [0, 0.05) is 17.8 Å². The van der Waals surface area contributed by atoms with Crippen molar-refractivity contribution >= 4 is 11.4 Å². The van der Waals surface area contributed by atoms with E-state index in [1.807, 2.05) is 0 Å². The van der Waals surface area contributed by atoms with Crippen LogP contribution in [0, 0.1) is 10.1 Å². The van der Waals surface area contributed by atoms with Gasteiger partial charge in [-0.3, -0.25) is 10.1 Å². The molecule has 1 rings (SSSR count). The zero-order valence-corrected chi connectivity index (χ0v) is 6.28. The van der Waals surface area contributed by atoms with Crippen LogP contribution >= 0.6 is 0 Å². The van der Waals surface area contributed by atoms with Crippen LogP contribution in [0.25, 0.3) is 0 Å². The van der Waals surface area contributed by atoms with Crippen molar-refractivity contribution in [3.63, 3.8) is 0 Å². The van der Waals surface area contributed by atoms with E-state index in [4.69, 9.17) is 10.8 Å². The van der Waals surface area contributed by atoms with Gasteiger partial charge in [-0.1, -0.05) is 0 Å². The zero-order valence-electron chi connectivity index (χ0n) is 6.28. The Bertz CT molecular complexity index is 312. The predicted molar refractivity (Wildman–Crippen MR) is 44.8 cm³/mol. The lowest BCUT2D eigenvalue weighted by molar-refractivity contribution is -0.384. The fourth-order valence-corrected chi connectivity index (χ4v) is 0.859. The van der Waals surface area contributed by atoms with E-state index in [2.05, 4.69) is 0 Å². The van der Waals surface area contributed by atoms with Gasteiger partial charge in [0.05, 0.1) is 10.5 Å². The van der Waals surface area contributed by atoms with Crippen LogP contribution in [-0.4, -0.2) is 10.0 Å². The summed E-state index contributed by atoms with van der Waals surface area (Å²) >= 11 is 0. The maximum absolute atomic E-state index is 10.3. The van der Waals surface area contributed by atoms with Gasteiger partial charge in [0.15, 0.2) is 6.61 Å². The normalized spacial score (nSPS) is 9.75. The standard InChI is InChI=1S/C7H8N2O3/c8-7-2-1-6(9(11)12)3-5(7)4-10/h1-3,10H,4,8H2/p+1. The van der Waals surface area contributed by atoms with E-state index in [1.54, 1.807) is 0 Å². The molecule has 0 heterocycles. The van der Waals surface area contributed by atoms with Crippen LogP contribution in [-0.2, 0) is 6.61 Å². The Labute approximate surface area is 68.6 Å². The Kier molecular flexibility index (Phi) is 2.25. The minimum atomic E-state index is -0.501. The zero-order chi connectivity index (χ0) is 9.14. The van der Waals surface area contributed by atoms with Crippen LogP contribution in [0.15, 0.2) is 18.2 Å². The van der Waals surface area contributed by atoms with Gasteiger partial charge < -0.3 is 10.8 Å². The number of nitrogens with two attached hydrogens (primary N) is 1. The van der Waals surface area contributed by atoms with Crippen LogP contribution in [0.4, 0.5) is 11.4 Å². The highest BCUT2D eigenvalue weighted by atomic mass is 16.6. The van der Waals surface area contributed by atoms with Gasteiger partial charge in [0.2, 0.25) is 0 Å². The lowest BCUT2D eigenvalue weighted by atomic mass is 10.2. The number of hydrogen-bond acceptors (Lipinski definition) is 3. The smallest absolute Gasteiger partial charge is 0.270 e. The molecule has 0 saturated heterocycles. The van der Waals surface area contributed by atoms with Crippen LogP contribution in [0.5, 0.6) is 0 Å². The molecule has 1 aromatic carbocycles. The molecule has 0 aliphatic carbocycles. The molecule has 4 N–H and O–H groups in total. The monoisotopic (exact) mass is 169 g/mol. The number of non-ortho nitro benzene ring substituents is 1. The Balaban J connectivity index is 3.13. The SMILES string of the molecule is Nc1ccc([N+](=O)[O-])cc1C[OH2+]. The summed E-state index contributed by atoms with van der Waals surface area (Å²) in [6.45, 7) is -0.0342. The van der Waals surface area contributed by atoms with Crippen molar-refractivity contribution in [2.75, 3.05) is 5.73 Å². The van der Waals surface area contributed by atoms with Crippen molar-refractivity contribution in [3.05, 3.63) is 33.9 Å². The molecule has 0 saturated carbocycles. The summed E-state index contributed by atoms with van der Waals surface area (Å²) in [5, 5.41) is 17.3. The molecule has 0 fully saturated rings. The summed E-state index contributed by atoms with van der Waals surface area (Å²) in [7, 11) is 0. The Morgan fingerprint density at radius 3 is 2.75 bits per heavy atom. The summed E-state index contributed by atoms with van der Waals surface area (Å²) in [4.78, 5) is 9.78. The highest BCUT2D eigenvalue weighted by Gasteiger charge is 2.08. The predicted octanol–water partition coefficient (Wildman–Crippen LogP) is 0.402. The maximum atomic E-state index is 10.3. The molecule has 12 heavy (non-hydrogen) atoms. The molecule has 64 valence electrons. The molecular formula is C7H9N2O3+. The van der Waals surface area contributed by atoms with Crippen molar-refractivity contribution in [1.29, 1.82) is 0 Å². The maximum Gasteiger partial charge on any atom is 0.270 e. The van der Waals surface area contributed by atoms with Gasteiger partial charge in [0.1, 0.15) is 0 Å². The molecule has 0 radical (unpaired) electrons. The number of nitrogen functional groups attached to an aromatic ring is 1. The minimum absolute atomic E-state index is 0.0218. The summed E-state index contributed by atoms with van der Waals surface area (Å²) in [5.74, 6) is 0. The van der Waals surface area contributed by atoms with E-state index >= 15 is 0 Å². The Morgan fingerprint density at radius 1 is 1.58 bits per heavy atom. The average molecular weight is 169 g/mol. The first-order chi connectivity index (χ1) is 5.65. The molecule has 0 aliphatic heterocycles. The first-order valence-electron chi connectivity index (χ1n) is 3.32. The molecule has 5 heteroatoms.